The summed E-state index contributed by atoms with van der Waals surface area (Å²) in [5.74, 6) is -1.40. The van der Waals surface area contributed by atoms with Crippen LogP contribution in [0.2, 0.25) is 0 Å². The van der Waals surface area contributed by atoms with Crippen molar-refractivity contribution in [2.75, 3.05) is 13.1 Å². The molecule has 5 N–H and O–H groups in total. The van der Waals surface area contributed by atoms with E-state index >= 15 is 0 Å². The number of carboxylic acid groups (broad SMARTS) is 1. The highest BCUT2D eigenvalue weighted by atomic mass is 16.4. The van der Waals surface area contributed by atoms with Gasteiger partial charge in [-0.05, 0) is 74.3 Å². The summed E-state index contributed by atoms with van der Waals surface area (Å²) in [7, 11) is 0. The van der Waals surface area contributed by atoms with E-state index in [1.54, 1.807) is 18.3 Å². The van der Waals surface area contributed by atoms with Crippen molar-refractivity contribution in [1.82, 2.24) is 25.9 Å². The highest BCUT2D eigenvalue weighted by molar-refractivity contribution is 5.96. The van der Waals surface area contributed by atoms with Gasteiger partial charge >= 0.3 is 5.97 Å². The van der Waals surface area contributed by atoms with Crippen molar-refractivity contribution in [2.45, 2.75) is 38.4 Å². The van der Waals surface area contributed by atoms with Crippen LogP contribution in [0.3, 0.4) is 0 Å². The first kappa shape index (κ1) is 24.2. The van der Waals surface area contributed by atoms with Gasteiger partial charge < -0.3 is 26.0 Å². The minimum Gasteiger partial charge on any atom is -0.480 e. The number of amides is 1. The number of aliphatic carboxylic acids is 1. The third kappa shape index (κ3) is 8.51. The molecule has 2 aromatic heterocycles. The monoisotopic (exact) mass is 449 g/mol. The van der Waals surface area contributed by atoms with Crippen molar-refractivity contribution in [3.63, 3.8) is 0 Å². The maximum Gasteiger partial charge on any atom is 0.326 e. The number of hydrogen-bond acceptors (Lipinski definition) is 5. The van der Waals surface area contributed by atoms with Crippen LogP contribution in [0, 0.1) is 0 Å². The highest BCUT2D eigenvalue weighted by Crippen LogP contribution is 2.07. The molecular weight excluding hydrogens is 418 g/mol. The number of hydrogen-bond donors (Lipinski definition) is 5. The molecule has 0 aliphatic heterocycles. The fourth-order valence-electron chi connectivity index (χ4n) is 3.41. The second-order valence-electron chi connectivity index (χ2n) is 7.82. The number of rotatable bonds is 14. The fraction of sp³-hybridized carbons (Fsp3) is 0.320. The molecule has 33 heavy (non-hydrogen) atoms. The molecule has 174 valence electrons. The minimum absolute atomic E-state index is 0.360. The van der Waals surface area contributed by atoms with Gasteiger partial charge in [-0.1, -0.05) is 18.2 Å². The molecule has 0 spiro atoms. The lowest BCUT2D eigenvalue weighted by atomic mass is 10.1. The van der Waals surface area contributed by atoms with Crippen LogP contribution in [0.4, 0.5) is 0 Å². The molecule has 0 saturated carbocycles. The third-order valence-corrected chi connectivity index (χ3v) is 5.27. The van der Waals surface area contributed by atoms with E-state index in [0.29, 0.717) is 38.0 Å². The quantitative estimate of drug-likeness (QED) is 0.241. The van der Waals surface area contributed by atoms with Crippen LogP contribution < -0.4 is 16.0 Å². The number of pyridine rings is 1. The zero-order chi connectivity index (χ0) is 23.3. The van der Waals surface area contributed by atoms with Crippen LogP contribution in [-0.2, 0) is 24.3 Å². The molecule has 0 saturated heterocycles. The van der Waals surface area contributed by atoms with Crippen molar-refractivity contribution in [2.24, 2.45) is 0 Å². The maximum atomic E-state index is 12.5. The summed E-state index contributed by atoms with van der Waals surface area (Å²) in [4.78, 5) is 31.5. The zero-order valence-corrected chi connectivity index (χ0v) is 18.6. The van der Waals surface area contributed by atoms with Crippen LogP contribution in [0.1, 0.15) is 40.2 Å². The van der Waals surface area contributed by atoms with E-state index in [1.165, 1.54) is 0 Å². The molecule has 0 aliphatic rings. The van der Waals surface area contributed by atoms with Gasteiger partial charge in [0.25, 0.3) is 5.91 Å². The fourth-order valence-corrected chi connectivity index (χ4v) is 3.41. The van der Waals surface area contributed by atoms with Crippen molar-refractivity contribution in [3.05, 3.63) is 89.5 Å². The Bertz CT molecular complexity index is 975. The van der Waals surface area contributed by atoms with Crippen LogP contribution in [0.25, 0.3) is 0 Å². The van der Waals surface area contributed by atoms with Crippen molar-refractivity contribution >= 4 is 11.9 Å². The minimum atomic E-state index is -1.02. The van der Waals surface area contributed by atoms with Gasteiger partial charge in [-0.3, -0.25) is 9.78 Å². The molecular formula is C25H31N5O3. The summed E-state index contributed by atoms with van der Waals surface area (Å²) in [6, 6.07) is 16.1. The van der Waals surface area contributed by atoms with E-state index in [9.17, 15) is 14.7 Å². The molecule has 0 fully saturated rings. The summed E-state index contributed by atoms with van der Waals surface area (Å²) in [6.45, 7) is 2.87. The molecule has 1 aromatic carbocycles. The molecule has 8 heteroatoms. The molecule has 0 bridgehead atoms. The van der Waals surface area contributed by atoms with E-state index in [1.807, 2.05) is 48.7 Å². The first-order chi connectivity index (χ1) is 16.1. The number of carbonyl (C=O) groups is 2. The number of carbonyl (C=O) groups excluding carboxylic acids is 1. The molecule has 0 radical (unpaired) electrons. The average Bonchev–Trinajstić information content (AvgIpc) is 3.35. The Morgan fingerprint density at radius 1 is 0.970 bits per heavy atom. The standard InChI is InChI=1S/C25H31N5O3/c31-24(30-23(25(32)33)7-4-13-26-17-22-6-3-15-29-22)20-10-8-19(9-11-20)12-16-27-18-21-5-1-2-14-28-21/h1-3,5-6,8-11,14-15,23,26-27,29H,4,7,12-13,16-18H2,(H,30,31)(H,32,33)/t23-/m0/s1. The van der Waals surface area contributed by atoms with Gasteiger partial charge in [0.2, 0.25) is 0 Å². The van der Waals surface area contributed by atoms with Gasteiger partial charge in [0.1, 0.15) is 6.04 Å². The average molecular weight is 450 g/mol. The molecule has 0 unspecified atom stereocenters. The molecule has 1 amide bonds. The number of aromatic amines is 1. The summed E-state index contributed by atoms with van der Waals surface area (Å²) < 4.78 is 0. The van der Waals surface area contributed by atoms with E-state index in [2.05, 4.69) is 25.9 Å². The predicted molar refractivity (Wildman–Crippen MR) is 127 cm³/mol. The summed E-state index contributed by atoms with van der Waals surface area (Å²) in [5, 5.41) is 18.7. The zero-order valence-electron chi connectivity index (χ0n) is 18.6. The normalized spacial score (nSPS) is 11.8. The highest BCUT2D eigenvalue weighted by Gasteiger charge is 2.20. The van der Waals surface area contributed by atoms with Gasteiger partial charge in [-0.15, -0.1) is 0 Å². The maximum absolute atomic E-state index is 12.5. The van der Waals surface area contributed by atoms with Crippen molar-refractivity contribution < 1.29 is 14.7 Å². The molecule has 8 nitrogen and oxygen atoms in total. The van der Waals surface area contributed by atoms with Crippen molar-refractivity contribution in [3.8, 4) is 0 Å². The Labute approximate surface area is 193 Å². The van der Waals surface area contributed by atoms with E-state index in [-0.39, 0.29) is 5.91 Å². The molecule has 3 rings (SSSR count). The van der Waals surface area contributed by atoms with Gasteiger partial charge in [0.15, 0.2) is 0 Å². The Morgan fingerprint density at radius 2 is 1.79 bits per heavy atom. The van der Waals surface area contributed by atoms with Gasteiger partial charge in [0.05, 0.1) is 5.69 Å². The first-order valence-electron chi connectivity index (χ1n) is 11.2. The Hall–Kier alpha value is -3.49. The first-order valence-corrected chi connectivity index (χ1v) is 11.2. The van der Waals surface area contributed by atoms with Gasteiger partial charge in [0, 0.05) is 36.7 Å². The largest absolute Gasteiger partial charge is 0.480 e. The number of nitrogens with zero attached hydrogens (tertiary/aromatic N) is 1. The molecule has 1 atom stereocenters. The van der Waals surface area contributed by atoms with Crippen LogP contribution in [-0.4, -0.2) is 46.1 Å². The lowest BCUT2D eigenvalue weighted by molar-refractivity contribution is -0.139. The van der Waals surface area contributed by atoms with Gasteiger partial charge in [-0.25, -0.2) is 4.79 Å². The third-order valence-electron chi connectivity index (χ3n) is 5.27. The van der Waals surface area contributed by atoms with E-state index < -0.39 is 12.0 Å². The SMILES string of the molecule is O=C(N[C@@H](CCCNCc1ccc[nH]1)C(=O)O)c1ccc(CCNCc2ccccn2)cc1. The second kappa shape index (κ2) is 13.1. The molecule has 0 aliphatic carbocycles. The summed E-state index contributed by atoms with van der Waals surface area (Å²) in [5.41, 5.74) is 3.62. The smallest absolute Gasteiger partial charge is 0.326 e. The number of aromatic nitrogens is 2. The molecule has 3 aromatic rings. The van der Waals surface area contributed by atoms with Crippen LogP contribution in [0.15, 0.2) is 67.0 Å². The lowest BCUT2D eigenvalue weighted by Crippen LogP contribution is -2.41. The lowest BCUT2D eigenvalue weighted by Gasteiger charge is -2.15. The second-order valence-corrected chi connectivity index (χ2v) is 7.82. The topological polar surface area (TPSA) is 119 Å². The van der Waals surface area contributed by atoms with Crippen LogP contribution >= 0.6 is 0 Å². The number of carboxylic acids is 1. The number of nitrogens with one attached hydrogen (secondary N) is 4. The van der Waals surface area contributed by atoms with Crippen molar-refractivity contribution in [1.29, 1.82) is 0 Å². The summed E-state index contributed by atoms with van der Waals surface area (Å²) >= 11 is 0. The predicted octanol–water partition coefficient (Wildman–Crippen LogP) is 2.50. The van der Waals surface area contributed by atoms with E-state index in [4.69, 9.17) is 0 Å². The molecule has 2 heterocycles. The van der Waals surface area contributed by atoms with Gasteiger partial charge in [-0.2, -0.15) is 0 Å². The summed E-state index contributed by atoms with van der Waals surface area (Å²) in [6.07, 6.45) is 5.46. The van der Waals surface area contributed by atoms with E-state index in [0.717, 1.165) is 29.9 Å². The Balaban J connectivity index is 1.37. The Kier molecular flexibility index (Phi) is 9.63. The van der Waals surface area contributed by atoms with Crippen LogP contribution in [0.5, 0.6) is 0 Å². The number of H-pyrrole nitrogens is 1. The Morgan fingerprint density at radius 3 is 2.48 bits per heavy atom. The number of benzene rings is 1.